The van der Waals surface area contributed by atoms with Gasteiger partial charge < -0.3 is 15.0 Å². The maximum Gasteiger partial charge on any atom is 0.0940 e. The lowest BCUT2D eigenvalue weighted by molar-refractivity contribution is 0.199. The number of hydrogen-bond acceptors (Lipinski definition) is 5. The Balaban J connectivity index is 2.25. The third kappa shape index (κ3) is 5.91. The van der Waals surface area contributed by atoms with Crippen molar-refractivity contribution in [3.63, 3.8) is 0 Å². The summed E-state index contributed by atoms with van der Waals surface area (Å²) in [5.74, 6) is 0. The minimum atomic E-state index is 0.758. The zero-order valence-corrected chi connectivity index (χ0v) is 12.6. The summed E-state index contributed by atoms with van der Waals surface area (Å²) in [5.41, 5.74) is 0. The topological polar surface area (TPSA) is 37.4 Å². The van der Waals surface area contributed by atoms with E-state index in [0.29, 0.717) is 0 Å². The second kappa shape index (κ2) is 9.44. The molecule has 0 aromatic carbocycles. The first kappa shape index (κ1) is 15.6. The lowest BCUT2D eigenvalue weighted by Gasteiger charge is -2.16. The number of hydrogen-bond donors (Lipinski definition) is 1. The number of likely N-dealkylation sites (N-methyl/N-ethyl adjacent to an activating group) is 1. The molecule has 0 saturated carbocycles. The monoisotopic (exact) mass is 271 g/mol. The third-order valence-corrected chi connectivity index (χ3v) is 3.98. The van der Waals surface area contributed by atoms with Crippen molar-refractivity contribution in [1.29, 1.82) is 0 Å². The molecule has 0 aliphatic heterocycles. The van der Waals surface area contributed by atoms with Crippen LogP contribution in [0.25, 0.3) is 0 Å². The quantitative estimate of drug-likeness (QED) is 0.658. The van der Waals surface area contributed by atoms with Crippen LogP contribution in [0.5, 0.6) is 0 Å². The number of nitrogens with zero attached hydrogens (tertiary/aromatic N) is 2. The second-order valence-electron chi connectivity index (χ2n) is 4.17. The Hall–Kier alpha value is -0.490. The van der Waals surface area contributed by atoms with Crippen LogP contribution in [-0.2, 0) is 17.7 Å². The van der Waals surface area contributed by atoms with Gasteiger partial charge in [0, 0.05) is 44.2 Å². The molecule has 0 atom stereocenters. The van der Waals surface area contributed by atoms with Crippen LogP contribution < -0.4 is 5.32 Å². The molecule has 18 heavy (non-hydrogen) atoms. The molecule has 104 valence electrons. The van der Waals surface area contributed by atoms with Crippen LogP contribution in [0.1, 0.15) is 23.7 Å². The van der Waals surface area contributed by atoms with Gasteiger partial charge in [0.05, 0.1) is 11.6 Å². The number of thiazole rings is 1. The van der Waals surface area contributed by atoms with Crippen LogP contribution >= 0.6 is 11.3 Å². The van der Waals surface area contributed by atoms with E-state index in [-0.39, 0.29) is 0 Å². The van der Waals surface area contributed by atoms with E-state index < -0.39 is 0 Å². The predicted molar refractivity (Wildman–Crippen MR) is 77.2 cm³/mol. The van der Waals surface area contributed by atoms with E-state index in [0.717, 1.165) is 45.8 Å². The molecule has 5 heteroatoms. The lowest BCUT2D eigenvalue weighted by atomic mass is 10.4. The zero-order chi connectivity index (χ0) is 13.2. The highest BCUT2D eigenvalue weighted by atomic mass is 32.1. The predicted octanol–water partition coefficient (Wildman–Crippen LogP) is 1.76. The van der Waals surface area contributed by atoms with Gasteiger partial charge in [0.1, 0.15) is 0 Å². The Morgan fingerprint density at radius 3 is 2.83 bits per heavy atom. The Labute approximate surface area is 114 Å². The van der Waals surface area contributed by atoms with Crippen LogP contribution in [0.15, 0.2) is 6.20 Å². The van der Waals surface area contributed by atoms with Crippen LogP contribution in [0.3, 0.4) is 0 Å². The van der Waals surface area contributed by atoms with Crippen molar-refractivity contribution in [3.05, 3.63) is 16.1 Å². The van der Waals surface area contributed by atoms with E-state index in [9.17, 15) is 0 Å². The molecular formula is C13H25N3OS. The Kier molecular flexibility index (Phi) is 8.17. The fraction of sp³-hybridized carbons (Fsp3) is 0.769. The molecule has 1 aromatic heterocycles. The van der Waals surface area contributed by atoms with E-state index in [1.54, 1.807) is 7.11 Å². The zero-order valence-electron chi connectivity index (χ0n) is 11.7. The number of nitrogens with one attached hydrogen (secondary N) is 1. The molecule has 4 nitrogen and oxygen atoms in total. The van der Waals surface area contributed by atoms with Crippen molar-refractivity contribution < 1.29 is 4.74 Å². The van der Waals surface area contributed by atoms with Gasteiger partial charge in [0.25, 0.3) is 0 Å². The van der Waals surface area contributed by atoms with E-state index in [1.807, 2.05) is 17.5 Å². The second-order valence-corrected chi connectivity index (χ2v) is 5.37. The normalized spacial score (nSPS) is 11.3. The van der Waals surface area contributed by atoms with E-state index >= 15 is 0 Å². The Morgan fingerprint density at radius 1 is 1.39 bits per heavy atom. The van der Waals surface area contributed by atoms with Crippen LogP contribution in [0.2, 0.25) is 0 Å². The van der Waals surface area contributed by atoms with Crippen molar-refractivity contribution in [2.45, 2.75) is 26.8 Å². The van der Waals surface area contributed by atoms with Crippen molar-refractivity contribution in [3.8, 4) is 0 Å². The fourth-order valence-electron chi connectivity index (χ4n) is 1.72. The molecule has 0 amide bonds. The van der Waals surface area contributed by atoms with Crippen molar-refractivity contribution in [2.24, 2.45) is 0 Å². The van der Waals surface area contributed by atoms with Gasteiger partial charge in [-0.05, 0) is 13.1 Å². The van der Waals surface area contributed by atoms with Gasteiger partial charge in [-0.2, -0.15) is 0 Å². The molecule has 1 rings (SSSR count). The van der Waals surface area contributed by atoms with Crippen molar-refractivity contribution in [2.75, 3.05) is 39.9 Å². The molecule has 0 saturated heterocycles. The first-order chi connectivity index (χ1) is 8.80. The molecule has 0 fully saturated rings. The van der Waals surface area contributed by atoms with Gasteiger partial charge >= 0.3 is 0 Å². The van der Waals surface area contributed by atoms with Crippen LogP contribution in [0, 0.1) is 0 Å². The molecular weight excluding hydrogens is 246 g/mol. The summed E-state index contributed by atoms with van der Waals surface area (Å²) in [6.07, 6.45) is 3.05. The molecule has 1 heterocycles. The molecule has 0 aliphatic rings. The molecule has 1 aromatic rings. The molecule has 0 unspecified atom stereocenters. The summed E-state index contributed by atoms with van der Waals surface area (Å²) >= 11 is 1.81. The average molecular weight is 271 g/mol. The third-order valence-electron chi connectivity index (χ3n) is 2.92. The number of aromatic nitrogens is 1. The maximum absolute atomic E-state index is 4.99. The smallest absolute Gasteiger partial charge is 0.0940 e. The summed E-state index contributed by atoms with van der Waals surface area (Å²) in [6.45, 7) is 10.3. The largest absolute Gasteiger partial charge is 0.383 e. The van der Waals surface area contributed by atoms with E-state index in [2.05, 4.69) is 29.0 Å². The van der Waals surface area contributed by atoms with E-state index in [4.69, 9.17) is 4.74 Å². The first-order valence-corrected chi connectivity index (χ1v) is 7.47. The minimum Gasteiger partial charge on any atom is -0.383 e. The maximum atomic E-state index is 4.99. The molecule has 0 spiro atoms. The highest BCUT2D eigenvalue weighted by molar-refractivity contribution is 7.11. The Bertz CT molecular complexity index is 313. The fourth-order valence-corrected chi connectivity index (χ4v) is 2.61. The summed E-state index contributed by atoms with van der Waals surface area (Å²) in [6, 6.07) is 0. The van der Waals surface area contributed by atoms with Gasteiger partial charge in [0.2, 0.25) is 0 Å². The van der Waals surface area contributed by atoms with Crippen LogP contribution in [-0.4, -0.2) is 49.8 Å². The highest BCUT2D eigenvalue weighted by Gasteiger charge is 2.04. The number of ether oxygens (including phenoxy) is 1. The van der Waals surface area contributed by atoms with E-state index in [1.165, 1.54) is 9.88 Å². The summed E-state index contributed by atoms with van der Waals surface area (Å²) in [5, 5.41) is 4.58. The Morgan fingerprint density at radius 2 is 2.17 bits per heavy atom. The molecule has 0 radical (unpaired) electrons. The molecule has 0 bridgehead atoms. The first-order valence-electron chi connectivity index (χ1n) is 6.65. The van der Waals surface area contributed by atoms with Crippen LogP contribution in [0.4, 0.5) is 0 Å². The summed E-state index contributed by atoms with van der Waals surface area (Å²) in [7, 11) is 1.72. The lowest BCUT2D eigenvalue weighted by Crippen LogP contribution is -2.25. The van der Waals surface area contributed by atoms with Crippen molar-refractivity contribution >= 4 is 11.3 Å². The highest BCUT2D eigenvalue weighted by Crippen LogP contribution is 2.13. The average Bonchev–Trinajstić information content (AvgIpc) is 2.84. The van der Waals surface area contributed by atoms with Gasteiger partial charge in [-0.3, -0.25) is 0 Å². The standard InChI is InChI=1S/C13H25N3OS/c1-4-16(5-2)8-6-13-15-11-12(18-13)10-14-7-9-17-3/h11,14H,4-10H2,1-3H3. The molecule has 0 aliphatic carbocycles. The van der Waals surface area contributed by atoms with Gasteiger partial charge in [0.15, 0.2) is 0 Å². The van der Waals surface area contributed by atoms with Gasteiger partial charge in [-0.25, -0.2) is 4.98 Å². The van der Waals surface area contributed by atoms with Gasteiger partial charge in [-0.15, -0.1) is 11.3 Å². The SMILES string of the molecule is CCN(CC)CCc1ncc(CNCCOC)s1. The van der Waals surface area contributed by atoms with Crippen molar-refractivity contribution in [1.82, 2.24) is 15.2 Å². The summed E-state index contributed by atoms with van der Waals surface area (Å²) in [4.78, 5) is 8.21. The molecule has 1 N–H and O–H groups in total. The number of rotatable bonds is 10. The minimum absolute atomic E-state index is 0.758. The number of methoxy groups -OCH3 is 1. The van der Waals surface area contributed by atoms with Gasteiger partial charge in [-0.1, -0.05) is 13.8 Å². The summed E-state index contributed by atoms with van der Waals surface area (Å²) < 4.78 is 4.99.